The minimum atomic E-state index is -3.94. The van der Waals surface area contributed by atoms with Crippen LogP contribution in [0.3, 0.4) is 0 Å². The van der Waals surface area contributed by atoms with Gasteiger partial charge in [0.25, 0.3) is 15.9 Å². The van der Waals surface area contributed by atoms with Crippen molar-refractivity contribution in [2.45, 2.75) is 23.1 Å². The van der Waals surface area contributed by atoms with Crippen molar-refractivity contribution in [3.05, 3.63) is 76.5 Å². The van der Waals surface area contributed by atoms with Crippen LogP contribution in [-0.2, 0) is 19.9 Å². The Labute approximate surface area is 186 Å². The van der Waals surface area contributed by atoms with Crippen LogP contribution in [0.4, 0.5) is 5.69 Å². The molecule has 0 aliphatic rings. The molecular weight excluding hydrogens is 456 g/mol. The van der Waals surface area contributed by atoms with Crippen molar-refractivity contribution in [1.29, 1.82) is 0 Å². The summed E-state index contributed by atoms with van der Waals surface area (Å²) in [4.78, 5) is 12.7. The second-order valence-corrected chi connectivity index (χ2v) is 11.5. The van der Waals surface area contributed by atoms with E-state index in [1.165, 1.54) is 23.6 Å². The Kier molecular flexibility index (Phi) is 7.14. The summed E-state index contributed by atoms with van der Waals surface area (Å²) in [5.41, 5.74) is 1.39. The molecule has 0 aliphatic heterocycles. The summed E-state index contributed by atoms with van der Waals surface area (Å²) in [5.74, 6) is -0.682. The second kappa shape index (κ2) is 9.63. The van der Waals surface area contributed by atoms with Crippen molar-refractivity contribution in [2.24, 2.45) is 0 Å². The summed E-state index contributed by atoms with van der Waals surface area (Å²) in [5, 5.41) is 4.13. The van der Waals surface area contributed by atoms with Crippen molar-refractivity contribution in [2.75, 3.05) is 17.0 Å². The molecule has 7 nitrogen and oxygen atoms in total. The lowest BCUT2D eigenvalue weighted by molar-refractivity contribution is 0.0955. The Morgan fingerprint density at radius 3 is 2.29 bits per heavy atom. The summed E-state index contributed by atoms with van der Waals surface area (Å²) in [6.07, 6.45) is 0.206. The SMILES string of the molecule is Cc1ccc(NS(=O)(=O)c2ccsc2C(=O)NCCCS(=O)(=O)c2ccccc2)cc1. The molecule has 0 bridgehead atoms. The van der Waals surface area contributed by atoms with Crippen LogP contribution in [0.2, 0.25) is 0 Å². The monoisotopic (exact) mass is 478 g/mol. The Morgan fingerprint density at radius 1 is 0.935 bits per heavy atom. The first-order valence-corrected chi connectivity index (χ1v) is 13.4. The molecule has 1 heterocycles. The zero-order valence-corrected chi connectivity index (χ0v) is 19.2. The fourth-order valence-electron chi connectivity index (χ4n) is 2.80. The van der Waals surface area contributed by atoms with Gasteiger partial charge in [-0.3, -0.25) is 9.52 Å². The number of amides is 1. The molecule has 3 aromatic rings. The maximum absolute atomic E-state index is 12.7. The highest BCUT2D eigenvalue weighted by Gasteiger charge is 2.24. The minimum Gasteiger partial charge on any atom is -0.351 e. The van der Waals surface area contributed by atoms with Crippen molar-refractivity contribution in [3.63, 3.8) is 0 Å². The standard InChI is InChI=1S/C21H22N2O5S3/c1-16-8-10-17(11-9-16)23-31(27,28)19-12-14-29-20(19)21(24)22-13-5-15-30(25,26)18-6-3-2-4-7-18/h2-4,6-12,14,23H,5,13,15H2,1H3,(H,22,24). The number of sulfonamides is 1. The van der Waals surface area contributed by atoms with E-state index in [9.17, 15) is 21.6 Å². The van der Waals surface area contributed by atoms with Gasteiger partial charge in [-0.15, -0.1) is 11.3 Å². The maximum atomic E-state index is 12.7. The van der Waals surface area contributed by atoms with Gasteiger partial charge in [-0.1, -0.05) is 35.9 Å². The van der Waals surface area contributed by atoms with E-state index in [1.807, 2.05) is 6.92 Å². The van der Waals surface area contributed by atoms with E-state index in [1.54, 1.807) is 42.5 Å². The number of hydrogen-bond acceptors (Lipinski definition) is 6. The molecule has 2 N–H and O–H groups in total. The zero-order chi connectivity index (χ0) is 22.5. The first kappa shape index (κ1) is 23.0. The van der Waals surface area contributed by atoms with Gasteiger partial charge in [-0.25, -0.2) is 16.8 Å². The normalized spacial score (nSPS) is 11.8. The maximum Gasteiger partial charge on any atom is 0.263 e. The van der Waals surface area contributed by atoms with E-state index < -0.39 is 25.8 Å². The van der Waals surface area contributed by atoms with Gasteiger partial charge in [0, 0.05) is 12.2 Å². The Bertz CT molecular complexity index is 1250. The molecule has 1 amide bonds. The number of nitrogens with one attached hydrogen (secondary N) is 2. The molecule has 0 saturated carbocycles. The number of benzene rings is 2. The van der Waals surface area contributed by atoms with E-state index in [0.29, 0.717) is 5.69 Å². The number of thiophene rings is 1. The van der Waals surface area contributed by atoms with Crippen LogP contribution in [0.15, 0.2) is 75.8 Å². The van der Waals surface area contributed by atoms with Crippen LogP contribution < -0.4 is 10.0 Å². The van der Waals surface area contributed by atoms with E-state index in [4.69, 9.17) is 0 Å². The molecular formula is C21H22N2O5S3. The molecule has 0 spiro atoms. The molecule has 0 fully saturated rings. The number of sulfone groups is 1. The predicted molar refractivity (Wildman–Crippen MR) is 122 cm³/mol. The van der Waals surface area contributed by atoms with Gasteiger partial charge in [0.2, 0.25) is 0 Å². The third-order valence-corrected chi connectivity index (χ3v) is 8.69. The number of rotatable bonds is 9. The van der Waals surface area contributed by atoms with Crippen LogP contribution in [0.5, 0.6) is 0 Å². The van der Waals surface area contributed by atoms with Crippen molar-refractivity contribution in [1.82, 2.24) is 5.32 Å². The highest BCUT2D eigenvalue weighted by molar-refractivity contribution is 7.93. The van der Waals surface area contributed by atoms with Crippen LogP contribution in [0.1, 0.15) is 21.7 Å². The lowest BCUT2D eigenvalue weighted by Crippen LogP contribution is -2.27. The average molecular weight is 479 g/mol. The largest absolute Gasteiger partial charge is 0.351 e. The number of carbonyl (C=O) groups is 1. The smallest absolute Gasteiger partial charge is 0.263 e. The zero-order valence-electron chi connectivity index (χ0n) is 16.7. The van der Waals surface area contributed by atoms with E-state index >= 15 is 0 Å². The number of hydrogen-bond donors (Lipinski definition) is 2. The van der Waals surface area contributed by atoms with Gasteiger partial charge >= 0.3 is 0 Å². The highest BCUT2D eigenvalue weighted by atomic mass is 32.2. The third-order valence-electron chi connectivity index (χ3n) is 4.41. The number of aryl methyl sites for hydroxylation is 1. The minimum absolute atomic E-state index is 0.0468. The molecule has 164 valence electrons. The van der Waals surface area contributed by atoms with E-state index in [0.717, 1.165) is 16.9 Å². The Morgan fingerprint density at radius 2 is 1.61 bits per heavy atom. The van der Waals surface area contributed by atoms with Crippen molar-refractivity contribution >= 4 is 42.8 Å². The summed E-state index contributed by atoms with van der Waals surface area (Å²) < 4.78 is 52.5. The Balaban J connectivity index is 1.61. The summed E-state index contributed by atoms with van der Waals surface area (Å²) >= 11 is 1.01. The molecule has 0 radical (unpaired) electrons. The van der Waals surface area contributed by atoms with Crippen molar-refractivity contribution in [3.8, 4) is 0 Å². The quantitative estimate of drug-likeness (QED) is 0.458. The first-order chi connectivity index (χ1) is 14.7. The van der Waals surface area contributed by atoms with Crippen LogP contribution in [-0.4, -0.2) is 35.0 Å². The third kappa shape index (κ3) is 5.93. The highest BCUT2D eigenvalue weighted by Crippen LogP contribution is 2.24. The number of carbonyl (C=O) groups excluding carboxylic acids is 1. The van der Waals surface area contributed by atoms with E-state index in [-0.39, 0.29) is 33.4 Å². The Hall–Kier alpha value is -2.69. The van der Waals surface area contributed by atoms with Gasteiger partial charge in [-0.05, 0) is 49.1 Å². The van der Waals surface area contributed by atoms with E-state index in [2.05, 4.69) is 10.0 Å². The molecule has 0 unspecified atom stereocenters. The fraction of sp³-hybridized carbons (Fsp3) is 0.190. The van der Waals surface area contributed by atoms with Gasteiger partial charge < -0.3 is 5.32 Å². The van der Waals surface area contributed by atoms with Gasteiger partial charge in [-0.2, -0.15) is 0 Å². The molecule has 10 heteroatoms. The molecule has 2 aromatic carbocycles. The first-order valence-electron chi connectivity index (χ1n) is 9.42. The summed E-state index contributed by atoms with van der Waals surface area (Å²) in [6.45, 7) is 2.00. The van der Waals surface area contributed by atoms with Gasteiger partial charge in [0.15, 0.2) is 9.84 Å². The van der Waals surface area contributed by atoms with Gasteiger partial charge in [0.1, 0.15) is 9.77 Å². The lowest BCUT2D eigenvalue weighted by Gasteiger charge is -2.10. The molecule has 1 aromatic heterocycles. The molecule has 31 heavy (non-hydrogen) atoms. The lowest BCUT2D eigenvalue weighted by atomic mass is 10.2. The van der Waals surface area contributed by atoms with Crippen molar-refractivity contribution < 1.29 is 21.6 Å². The van der Waals surface area contributed by atoms with Crippen LogP contribution in [0.25, 0.3) is 0 Å². The average Bonchev–Trinajstić information content (AvgIpc) is 3.24. The van der Waals surface area contributed by atoms with Crippen LogP contribution >= 0.6 is 11.3 Å². The topological polar surface area (TPSA) is 109 Å². The molecule has 0 saturated heterocycles. The molecule has 0 aliphatic carbocycles. The molecule has 0 atom stereocenters. The summed E-state index contributed by atoms with van der Waals surface area (Å²) in [6, 6.07) is 16.3. The predicted octanol–water partition coefficient (Wildman–Crippen LogP) is 3.45. The molecule has 3 rings (SSSR count). The number of anilines is 1. The van der Waals surface area contributed by atoms with Crippen LogP contribution in [0, 0.1) is 6.92 Å². The summed E-state index contributed by atoms with van der Waals surface area (Å²) in [7, 11) is -7.38. The second-order valence-electron chi connectivity index (χ2n) is 6.83. The van der Waals surface area contributed by atoms with Gasteiger partial charge in [0.05, 0.1) is 10.6 Å². The fourth-order valence-corrected chi connectivity index (χ4v) is 6.53.